The Morgan fingerprint density at radius 3 is 2.16 bits per heavy atom. The van der Waals surface area contributed by atoms with Gasteiger partial charge in [0, 0.05) is 6.54 Å². The highest BCUT2D eigenvalue weighted by Crippen LogP contribution is 2.28. The molecule has 7 nitrogen and oxygen atoms in total. The summed E-state index contributed by atoms with van der Waals surface area (Å²) in [6.45, 7) is 0.420. The second kappa shape index (κ2) is 6.01. The van der Waals surface area contributed by atoms with Gasteiger partial charge in [-0.15, -0.1) is 4.98 Å². The summed E-state index contributed by atoms with van der Waals surface area (Å²) in [5.41, 5.74) is -0.675. The summed E-state index contributed by atoms with van der Waals surface area (Å²) in [6, 6.07) is 0.370. The van der Waals surface area contributed by atoms with Crippen LogP contribution in [0, 0.1) is 0 Å². The number of rotatable bonds is 5. The van der Waals surface area contributed by atoms with Crippen LogP contribution < -0.4 is 14.8 Å². The van der Waals surface area contributed by atoms with Crippen LogP contribution in [0.4, 0.5) is 5.95 Å². The highest BCUT2D eigenvalue weighted by molar-refractivity contribution is 5.28. The number of aliphatic hydroxyl groups is 1. The van der Waals surface area contributed by atoms with Crippen molar-refractivity contribution < 1.29 is 14.6 Å². The molecule has 0 amide bonds. The Kier molecular flexibility index (Phi) is 4.36. The molecule has 1 fully saturated rings. The van der Waals surface area contributed by atoms with Crippen molar-refractivity contribution in [3.63, 3.8) is 0 Å². The fraction of sp³-hybridized carbons (Fsp3) is 0.750. The summed E-state index contributed by atoms with van der Waals surface area (Å²) < 4.78 is 9.94. The largest absolute Gasteiger partial charge is 0.467 e. The Hall–Kier alpha value is -1.63. The van der Waals surface area contributed by atoms with Crippen molar-refractivity contribution in [2.75, 3.05) is 26.1 Å². The smallest absolute Gasteiger partial charge is 0.324 e. The lowest BCUT2D eigenvalue weighted by molar-refractivity contribution is 0.0165. The molecule has 2 rings (SSSR count). The minimum absolute atomic E-state index is 0.185. The average molecular weight is 268 g/mol. The lowest BCUT2D eigenvalue weighted by atomic mass is 9.85. The highest BCUT2D eigenvalue weighted by atomic mass is 16.5. The number of ether oxygens (including phenoxy) is 2. The molecule has 0 atom stereocenters. The summed E-state index contributed by atoms with van der Waals surface area (Å²) in [5, 5.41) is 13.4. The van der Waals surface area contributed by atoms with Gasteiger partial charge in [0.05, 0.1) is 19.8 Å². The van der Waals surface area contributed by atoms with E-state index >= 15 is 0 Å². The summed E-state index contributed by atoms with van der Waals surface area (Å²) in [6.07, 6.45) is 4.92. The molecule has 0 unspecified atom stereocenters. The van der Waals surface area contributed by atoms with Crippen LogP contribution in [0.5, 0.6) is 12.0 Å². The highest BCUT2D eigenvalue weighted by Gasteiger charge is 2.29. The predicted octanol–water partition coefficient (Wildman–Crippen LogP) is 0.996. The molecule has 1 aromatic heterocycles. The van der Waals surface area contributed by atoms with Crippen molar-refractivity contribution in [1.29, 1.82) is 0 Å². The van der Waals surface area contributed by atoms with E-state index in [2.05, 4.69) is 20.3 Å². The molecular formula is C12H20N4O3. The van der Waals surface area contributed by atoms with Gasteiger partial charge in [0.1, 0.15) is 0 Å². The standard InChI is InChI=1S/C12H20N4O3/c1-18-10-14-9(15-11(16-10)19-2)13-8-12(17)6-4-3-5-7-12/h17H,3-8H2,1-2H3,(H,13,14,15,16). The topological polar surface area (TPSA) is 89.4 Å². The molecule has 1 aliphatic rings. The van der Waals surface area contributed by atoms with Gasteiger partial charge in [-0.05, 0) is 12.8 Å². The average Bonchev–Trinajstić information content (AvgIpc) is 2.45. The second-order valence-corrected chi connectivity index (χ2v) is 4.77. The summed E-state index contributed by atoms with van der Waals surface area (Å²) in [4.78, 5) is 12.1. The molecule has 106 valence electrons. The van der Waals surface area contributed by atoms with Gasteiger partial charge in [-0.1, -0.05) is 19.3 Å². The van der Waals surface area contributed by atoms with E-state index in [0.29, 0.717) is 12.5 Å². The lowest BCUT2D eigenvalue weighted by Gasteiger charge is -2.32. The minimum Gasteiger partial charge on any atom is -0.467 e. The normalized spacial score (nSPS) is 17.8. The van der Waals surface area contributed by atoms with E-state index in [1.165, 1.54) is 20.6 Å². The molecule has 0 aromatic carbocycles. The van der Waals surface area contributed by atoms with Crippen LogP contribution in [0.3, 0.4) is 0 Å². The zero-order valence-corrected chi connectivity index (χ0v) is 11.3. The molecule has 1 aromatic rings. The molecule has 1 saturated carbocycles. The van der Waals surface area contributed by atoms with Gasteiger partial charge in [0.25, 0.3) is 0 Å². The third-order valence-electron chi connectivity index (χ3n) is 3.32. The molecule has 1 aliphatic carbocycles. The fourth-order valence-electron chi connectivity index (χ4n) is 2.23. The third-order valence-corrected chi connectivity index (χ3v) is 3.32. The number of nitrogens with zero attached hydrogens (tertiary/aromatic N) is 3. The fourth-order valence-corrected chi connectivity index (χ4v) is 2.23. The van der Waals surface area contributed by atoms with Crippen LogP contribution in [-0.4, -0.2) is 46.4 Å². The predicted molar refractivity (Wildman–Crippen MR) is 69.5 cm³/mol. The van der Waals surface area contributed by atoms with Crippen molar-refractivity contribution in [2.45, 2.75) is 37.7 Å². The molecule has 1 heterocycles. The van der Waals surface area contributed by atoms with Crippen LogP contribution in [0.2, 0.25) is 0 Å². The first-order valence-electron chi connectivity index (χ1n) is 6.45. The van der Waals surface area contributed by atoms with Gasteiger partial charge in [-0.3, -0.25) is 0 Å². The SMILES string of the molecule is COc1nc(NCC2(O)CCCCC2)nc(OC)n1. The molecule has 2 N–H and O–H groups in total. The molecule has 0 aliphatic heterocycles. The van der Waals surface area contributed by atoms with Gasteiger partial charge in [0.15, 0.2) is 0 Å². The maximum Gasteiger partial charge on any atom is 0.324 e. The molecule has 0 radical (unpaired) electrons. The van der Waals surface area contributed by atoms with E-state index in [1.807, 2.05) is 0 Å². The summed E-state index contributed by atoms with van der Waals surface area (Å²) >= 11 is 0. The molecular weight excluding hydrogens is 248 g/mol. The number of nitrogens with one attached hydrogen (secondary N) is 1. The van der Waals surface area contributed by atoms with E-state index in [0.717, 1.165) is 25.7 Å². The van der Waals surface area contributed by atoms with Gasteiger partial charge >= 0.3 is 12.0 Å². The van der Waals surface area contributed by atoms with Gasteiger partial charge < -0.3 is 19.9 Å². The van der Waals surface area contributed by atoms with E-state index in [4.69, 9.17) is 9.47 Å². The Morgan fingerprint density at radius 2 is 1.63 bits per heavy atom. The number of anilines is 1. The molecule has 0 saturated heterocycles. The van der Waals surface area contributed by atoms with E-state index in [-0.39, 0.29) is 12.0 Å². The quantitative estimate of drug-likeness (QED) is 0.823. The Morgan fingerprint density at radius 1 is 1.05 bits per heavy atom. The van der Waals surface area contributed by atoms with Gasteiger partial charge in [-0.25, -0.2) is 0 Å². The number of hydrogen-bond donors (Lipinski definition) is 2. The maximum absolute atomic E-state index is 10.4. The lowest BCUT2D eigenvalue weighted by Crippen LogP contribution is -2.39. The molecule has 0 spiro atoms. The Balaban J connectivity index is 2.02. The third kappa shape index (κ3) is 3.66. The van der Waals surface area contributed by atoms with Crippen LogP contribution in [0.15, 0.2) is 0 Å². The first-order valence-corrected chi connectivity index (χ1v) is 6.45. The second-order valence-electron chi connectivity index (χ2n) is 4.77. The molecule has 7 heteroatoms. The van der Waals surface area contributed by atoms with E-state index < -0.39 is 5.60 Å². The van der Waals surface area contributed by atoms with Crippen LogP contribution in [0.25, 0.3) is 0 Å². The zero-order valence-electron chi connectivity index (χ0n) is 11.3. The number of methoxy groups -OCH3 is 2. The first-order chi connectivity index (χ1) is 9.15. The van der Waals surface area contributed by atoms with Gasteiger partial charge in [0.2, 0.25) is 5.95 Å². The Labute approximate surface area is 112 Å². The van der Waals surface area contributed by atoms with Crippen molar-refractivity contribution in [3.8, 4) is 12.0 Å². The number of aromatic nitrogens is 3. The van der Waals surface area contributed by atoms with E-state index in [9.17, 15) is 5.11 Å². The maximum atomic E-state index is 10.4. The van der Waals surface area contributed by atoms with E-state index in [1.54, 1.807) is 0 Å². The van der Waals surface area contributed by atoms with Crippen LogP contribution in [-0.2, 0) is 0 Å². The monoisotopic (exact) mass is 268 g/mol. The molecule has 0 bridgehead atoms. The summed E-state index contributed by atoms with van der Waals surface area (Å²) in [7, 11) is 2.96. The van der Waals surface area contributed by atoms with Crippen molar-refractivity contribution >= 4 is 5.95 Å². The van der Waals surface area contributed by atoms with Crippen molar-refractivity contribution in [2.24, 2.45) is 0 Å². The van der Waals surface area contributed by atoms with Crippen molar-refractivity contribution in [1.82, 2.24) is 15.0 Å². The van der Waals surface area contributed by atoms with Crippen LogP contribution >= 0.6 is 0 Å². The van der Waals surface area contributed by atoms with Crippen molar-refractivity contribution in [3.05, 3.63) is 0 Å². The minimum atomic E-state index is -0.675. The first kappa shape index (κ1) is 13.8. The zero-order chi connectivity index (χ0) is 13.7. The molecule has 19 heavy (non-hydrogen) atoms. The number of hydrogen-bond acceptors (Lipinski definition) is 7. The van der Waals surface area contributed by atoms with Crippen LogP contribution in [0.1, 0.15) is 32.1 Å². The Bertz CT molecular complexity index is 399. The van der Waals surface area contributed by atoms with Gasteiger partial charge in [-0.2, -0.15) is 9.97 Å². The summed E-state index contributed by atoms with van der Waals surface area (Å²) in [5.74, 6) is 0.350.